The van der Waals surface area contributed by atoms with E-state index in [1.807, 2.05) is 37.3 Å². The first-order valence-corrected chi connectivity index (χ1v) is 11.8. The van der Waals surface area contributed by atoms with E-state index in [4.69, 9.17) is 30.8 Å². The zero-order chi connectivity index (χ0) is 23.4. The van der Waals surface area contributed by atoms with Gasteiger partial charge in [0.2, 0.25) is 0 Å². The van der Waals surface area contributed by atoms with Crippen molar-refractivity contribution in [1.29, 1.82) is 0 Å². The van der Waals surface area contributed by atoms with Crippen molar-refractivity contribution in [2.75, 3.05) is 31.1 Å². The summed E-state index contributed by atoms with van der Waals surface area (Å²) in [5, 5.41) is 9.54. The minimum Gasteiger partial charge on any atom is -0.482 e. The van der Waals surface area contributed by atoms with Crippen LogP contribution >= 0.6 is 11.6 Å². The first kappa shape index (κ1) is 23.4. The molecule has 0 amide bonds. The summed E-state index contributed by atoms with van der Waals surface area (Å²) in [7, 11) is 0. The van der Waals surface area contributed by atoms with Crippen LogP contribution in [0.1, 0.15) is 37.3 Å². The third-order valence-corrected chi connectivity index (χ3v) is 6.16. The van der Waals surface area contributed by atoms with Crippen LogP contribution in [0.5, 0.6) is 5.75 Å². The van der Waals surface area contributed by atoms with E-state index >= 15 is 0 Å². The van der Waals surface area contributed by atoms with Gasteiger partial charge in [0.1, 0.15) is 11.3 Å². The lowest BCUT2D eigenvalue weighted by molar-refractivity contribution is -0.139. The first-order valence-electron chi connectivity index (χ1n) is 11.4. The largest absolute Gasteiger partial charge is 0.482 e. The number of ether oxygens (including phenoxy) is 1. The molecule has 0 aliphatic carbocycles. The average molecular weight is 472 g/mol. The molecule has 1 fully saturated rings. The first-order chi connectivity index (χ1) is 15.9. The molecule has 2 aromatic carbocycles. The Kier molecular flexibility index (Phi) is 7.40. The Morgan fingerprint density at radius 1 is 1.27 bits per heavy atom. The van der Waals surface area contributed by atoms with Crippen molar-refractivity contribution in [1.82, 2.24) is 9.88 Å². The summed E-state index contributed by atoms with van der Waals surface area (Å²) >= 11 is 6.12. The molecule has 1 aliphatic heterocycles. The lowest BCUT2D eigenvalue weighted by Gasteiger charge is -2.41. The number of benzene rings is 2. The Bertz CT molecular complexity index is 1120. The fourth-order valence-electron chi connectivity index (χ4n) is 4.41. The van der Waals surface area contributed by atoms with Crippen LogP contribution < -0.4 is 9.64 Å². The van der Waals surface area contributed by atoms with Gasteiger partial charge in [0.25, 0.3) is 6.01 Å². The molecule has 8 heteroatoms. The zero-order valence-corrected chi connectivity index (χ0v) is 19.8. The van der Waals surface area contributed by atoms with Gasteiger partial charge in [-0.3, -0.25) is 4.90 Å². The quantitative estimate of drug-likeness (QED) is 0.463. The minimum absolute atomic E-state index is 0.301. The van der Waals surface area contributed by atoms with E-state index in [2.05, 4.69) is 22.8 Å². The molecule has 0 radical (unpaired) electrons. The molecule has 1 saturated heterocycles. The summed E-state index contributed by atoms with van der Waals surface area (Å²) in [5.41, 5.74) is 3.70. The average Bonchev–Trinajstić information content (AvgIpc) is 3.19. The van der Waals surface area contributed by atoms with E-state index in [9.17, 15) is 4.79 Å². The van der Waals surface area contributed by atoms with Crippen LogP contribution in [-0.4, -0.2) is 53.2 Å². The molecule has 0 bridgehead atoms. The monoisotopic (exact) mass is 471 g/mol. The van der Waals surface area contributed by atoms with Crippen LogP contribution in [0.2, 0.25) is 5.02 Å². The summed E-state index contributed by atoms with van der Waals surface area (Å²) in [4.78, 5) is 20.3. The van der Waals surface area contributed by atoms with Gasteiger partial charge in [-0.15, -0.1) is 0 Å². The normalized spacial score (nSPS) is 16.9. The number of carboxylic acid groups (broad SMARTS) is 1. The van der Waals surface area contributed by atoms with Gasteiger partial charge in [0, 0.05) is 43.3 Å². The smallest absolute Gasteiger partial charge is 0.341 e. The number of aromatic nitrogens is 1. The molecular weight excluding hydrogens is 442 g/mol. The van der Waals surface area contributed by atoms with Crippen molar-refractivity contribution in [3.63, 3.8) is 0 Å². The van der Waals surface area contributed by atoms with E-state index in [1.165, 1.54) is 0 Å². The molecule has 1 N–H and O–H groups in total. The van der Waals surface area contributed by atoms with Gasteiger partial charge in [0.05, 0.1) is 0 Å². The molecule has 2 heterocycles. The topological polar surface area (TPSA) is 79.0 Å². The van der Waals surface area contributed by atoms with Gasteiger partial charge in [-0.2, -0.15) is 4.98 Å². The number of piperazine rings is 1. The molecular formula is C25H30ClN3O4. The maximum absolute atomic E-state index is 10.8. The van der Waals surface area contributed by atoms with E-state index in [0.29, 0.717) is 28.4 Å². The van der Waals surface area contributed by atoms with Crippen molar-refractivity contribution in [2.24, 2.45) is 0 Å². The predicted molar refractivity (Wildman–Crippen MR) is 129 cm³/mol. The number of fused-ring (bicyclic) bond motifs is 1. The Balaban J connectivity index is 1.48. The van der Waals surface area contributed by atoms with Crippen LogP contribution in [0.3, 0.4) is 0 Å². The van der Waals surface area contributed by atoms with E-state index in [-0.39, 0.29) is 6.61 Å². The number of rotatable bonds is 9. The molecule has 1 atom stereocenters. The summed E-state index contributed by atoms with van der Waals surface area (Å²) < 4.78 is 11.5. The highest BCUT2D eigenvalue weighted by Gasteiger charge is 2.30. The van der Waals surface area contributed by atoms with Crippen LogP contribution in [0, 0.1) is 6.92 Å². The van der Waals surface area contributed by atoms with Crippen LogP contribution in [0.4, 0.5) is 6.01 Å². The number of nitrogens with zero attached hydrogens (tertiary/aromatic N) is 3. The number of halogens is 1. The second-order valence-electron chi connectivity index (χ2n) is 8.67. The van der Waals surface area contributed by atoms with Crippen molar-refractivity contribution in [3.05, 3.63) is 52.5 Å². The highest BCUT2D eigenvalue weighted by atomic mass is 35.5. The van der Waals surface area contributed by atoms with E-state index < -0.39 is 5.97 Å². The minimum atomic E-state index is -0.977. The van der Waals surface area contributed by atoms with Gasteiger partial charge < -0.3 is 19.2 Å². The lowest BCUT2D eigenvalue weighted by atomic mass is 10.0. The van der Waals surface area contributed by atoms with E-state index in [0.717, 1.165) is 62.1 Å². The van der Waals surface area contributed by atoms with Crippen molar-refractivity contribution >= 4 is 34.7 Å². The maximum Gasteiger partial charge on any atom is 0.341 e. The van der Waals surface area contributed by atoms with Crippen molar-refractivity contribution in [3.8, 4) is 5.75 Å². The summed E-state index contributed by atoms with van der Waals surface area (Å²) in [6.45, 7) is 7.25. The van der Waals surface area contributed by atoms with E-state index in [1.54, 1.807) is 0 Å². The zero-order valence-electron chi connectivity index (χ0n) is 19.1. The van der Waals surface area contributed by atoms with Crippen LogP contribution in [0.25, 0.3) is 11.1 Å². The number of aryl methyl sites for hydroxylation is 1. The Labute approximate surface area is 198 Å². The summed E-state index contributed by atoms with van der Waals surface area (Å²) in [6.07, 6.45) is 3.33. The molecule has 0 saturated carbocycles. The Morgan fingerprint density at radius 3 is 2.91 bits per heavy atom. The number of unbranched alkanes of at least 4 members (excludes halogenated alkanes) is 1. The second kappa shape index (κ2) is 10.4. The van der Waals surface area contributed by atoms with Crippen molar-refractivity contribution in [2.45, 2.75) is 45.7 Å². The molecule has 0 spiro atoms. The number of carbonyl (C=O) groups is 1. The molecule has 1 aliphatic rings. The lowest BCUT2D eigenvalue weighted by Crippen LogP contribution is -2.53. The molecule has 1 aromatic heterocycles. The molecule has 3 aromatic rings. The molecule has 176 valence electrons. The van der Waals surface area contributed by atoms with Gasteiger partial charge in [-0.25, -0.2) is 4.79 Å². The standard InChI is InChI=1S/C25H30ClN3O4/c1-3-4-5-20-15-28(14-18-10-17(2)11-21(12-18)32-16-24(30)31)8-9-29(20)25-27-22-7-6-19(26)13-23(22)33-25/h6-7,10-13,20H,3-5,8-9,14-16H2,1-2H3,(H,30,31)/t20-/m1/s1. The highest BCUT2D eigenvalue weighted by molar-refractivity contribution is 6.31. The van der Waals surface area contributed by atoms with Crippen LogP contribution in [0.15, 0.2) is 40.8 Å². The summed E-state index contributed by atoms with van der Waals surface area (Å²) in [6, 6.07) is 12.4. The fraction of sp³-hybridized carbons (Fsp3) is 0.440. The van der Waals surface area contributed by atoms with Crippen LogP contribution in [-0.2, 0) is 11.3 Å². The maximum atomic E-state index is 10.8. The fourth-order valence-corrected chi connectivity index (χ4v) is 4.58. The Hall–Kier alpha value is -2.77. The van der Waals surface area contributed by atoms with Gasteiger partial charge >= 0.3 is 5.97 Å². The molecule has 4 rings (SSSR count). The van der Waals surface area contributed by atoms with Gasteiger partial charge in [-0.05, 0) is 48.7 Å². The molecule has 0 unspecified atom stereocenters. The third kappa shape index (κ3) is 5.97. The number of carboxylic acids is 1. The van der Waals surface area contributed by atoms with Gasteiger partial charge in [0.15, 0.2) is 12.2 Å². The molecule has 33 heavy (non-hydrogen) atoms. The number of hydrogen-bond acceptors (Lipinski definition) is 6. The SMILES string of the molecule is CCCC[C@@H]1CN(Cc2cc(C)cc(OCC(=O)O)c2)CCN1c1nc2ccc(Cl)cc2o1. The predicted octanol–water partition coefficient (Wildman–Crippen LogP) is 5.13. The van der Waals surface area contributed by atoms with Crippen molar-refractivity contribution < 1.29 is 19.1 Å². The van der Waals surface area contributed by atoms with Gasteiger partial charge in [-0.1, -0.05) is 37.4 Å². The number of anilines is 1. The number of aliphatic carboxylic acids is 1. The second-order valence-corrected chi connectivity index (χ2v) is 9.11. The highest BCUT2D eigenvalue weighted by Crippen LogP contribution is 2.29. The summed E-state index contributed by atoms with van der Waals surface area (Å²) in [5.74, 6) is -0.381. The third-order valence-electron chi connectivity index (χ3n) is 5.92. The molecule has 7 nitrogen and oxygen atoms in total. The Morgan fingerprint density at radius 2 is 2.12 bits per heavy atom. The number of hydrogen-bond donors (Lipinski definition) is 1. The number of oxazole rings is 1.